The zero-order chi connectivity index (χ0) is 24.0. The second-order valence-corrected chi connectivity index (χ2v) is 7.78. The minimum atomic E-state index is -1.75. The molecule has 0 aromatic heterocycles. The van der Waals surface area contributed by atoms with E-state index in [0.717, 1.165) is 5.56 Å². The zero-order valence-corrected chi connectivity index (χ0v) is 19.0. The Morgan fingerprint density at radius 2 is 1.70 bits per heavy atom. The third-order valence-electron chi connectivity index (χ3n) is 5.85. The standard InChI is InChI=1S/C24H28N2O7/c1-4-32-22(27)24(23(28)33-5-2)16-25(14-17-10-7-6-8-11-17)15-19(24)18-12-9-13-20(31-3)21(18)26(29)30/h6-13,19H,4-5,14-16H2,1-3H3. The summed E-state index contributed by atoms with van der Waals surface area (Å²) in [5, 5.41) is 12.0. The lowest BCUT2D eigenvalue weighted by Crippen LogP contribution is -2.47. The van der Waals surface area contributed by atoms with Gasteiger partial charge >= 0.3 is 17.6 Å². The summed E-state index contributed by atoms with van der Waals surface area (Å²) in [6.07, 6.45) is 0. The Bertz CT molecular complexity index is 991. The average molecular weight is 456 g/mol. The molecule has 0 amide bonds. The lowest BCUT2D eigenvalue weighted by Gasteiger charge is -2.30. The molecule has 176 valence electrons. The van der Waals surface area contributed by atoms with E-state index in [9.17, 15) is 19.7 Å². The van der Waals surface area contributed by atoms with E-state index in [-0.39, 0.29) is 43.3 Å². The van der Waals surface area contributed by atoms with Gasteiger partial charge in [0.1, 0.15) is 0 Å². The third-order valence-corrected chi connectivity index (χ3v) is 5.85. The van der Waals surface area contributed by atoms with Crippen LogP contribution < -0.4 is 4.74 Å². The quantitative estimate of drug-likeness (QED) is 0.245. The number of benzene rings is 2. The first-order valence-electron chi connectivity index (χ1n) is 10.8. The van der Waals surface area contributed by atoms with E-state index in [1.165, 1.54) is 13.2 Å². The number of para-hydroxylation sites is 1. The molecule has 1 unspecified atom stereocenters. The highest BCUT2D eigenvalue weighted by molar-refractivity contribution is 6.02. The monoisotopic (exact) mass is 456 g/mol. The number of nitrogens with zero attached hydrogens (tertiary/aromatic N) is 2. The first-order valence-corrected chi connectivity index (χ1v) is 10.8. The fourth-order valence-corrected chi connectivity index (χ4v) is 4.46. The van der Waals surface area contributed by atoms with Gasteiger partial charge in [0.15, 0.2) is 11.2 Å². The second kappa shape index (κ2) is 10.4. The molecule has 0 aliphatic carbocycles. The first-order chi connectivity index (χ1) is 15.9. The molecule has 33 heavy (non-hydrogen) atoms. The summed E-state index contributed by atoms with van der Waals surface area (Å²) < 4.78 is 15.9. The van der Waals surface area contributed by atoms with Crippen LogP contribution in [0.4, 0.5) is 5.69 Å². The molecule has 1 aliphatic heterocycles. The van der Waals surface area contributed by atoms with E-state index in [1.54, 1.807) is 26.0 Å². The molecule has 9 heteroatoms. The predicted octanol–water partition coefficient (Wildman–Crippen LogP) is 3.32. The molecule has 1 heterocycles. The first kappa shape index (κ1) is 24.2. The summed E-state index contributed by atoms with van der Waals surface area (Å²) in [5.74, 6) is -2.31. The fourth-order valence-electron chi connectivity index (χ4n) is 4.46. The van der Waals surface area contributed by atoms with Crippen LogP contribution in [0.3, 0.4) is 0 Å². The number of carbonyl (C=O) groups excluding carboxylic acids is 2. The largest absolute Gasteiger partial charge is 0.490 e. The van der Waals surface area contributed by atoms with Crippen molar-refractivity contribution >= 4 is 17.6 Å². The van der Waals surface area contributed by atoms with E-state index in [4.69, 9.17) is 14.2 Å². The topological polar surface area (TPSA) is 108 Å². The van der Waals surface area contributed by atoms with E-state index in [2.05, 4.69) is 0 Å². The van der Waals surface area contributed by atoms with Crippen LogP contribution in [0.25, 0.3) is 0 Å². The van der Waals surface area contributed by atoms with Gasteiger partial charge in [-0.2, -0.15) is 0 Å². The van der Waals surface area contributed by atoms with Crippen LogP contribution in [-0.4, -0.2) is 55.2 Å². The number of likely N-dealkylation sites (tertiary alicyclic amines) is 1. The molecule has 0 N–H and O–H groups in total. The second-order valence-electron chi connectivity index (χ2n) is 7.78. The molecular formula is C24H28N2O7. The molecule has 2 aromatic rings. The Hall–Kier alpha value is -3.46. The van der Waals surface area contributed by atoms with Gasteiger partial charge in [0.25, 0.3) is 0 Å². The van der Waals surface area contributed by atoms with Crippen LogP contribution in [0.2, 0.25) is 0 Å². The van der Waals surface area contributed by atoms with Crippen LogP contribution in [-0.2, 0) is 25.6 Å². The van der Waals surface area contributed by atoms with Gasteiger partial charge in [0, 0.05) is 31.1 Å². The van der Waals surface area contributed by atoms with Gasteiger partial charge in [0.05, 0.1) is 25.2 Å². The van der Waals surface area contributed by atoms with Crippen molar-refractivity contribution in [3.8, 4) is 5.75 Å². The Labute approximate surface area is 192 Å². The minimum Gasteiger partial charge on any atom is -0.490 e. The summed E-state index contributed by atoms with van der Waals surface area (Å²) in [6, 6.07) is 14.2. The number of nitro groups is 1. The highest BCUT2D eigenvalue weighted by atomic mass is 16.6. The molecule has 0 bridgehead atoms. The van der Waals surface area contributed by atoms with Gasteiger partial charge in [-0.15, -0.1) is 0 Å². The summed E-state index contributed by atoms with van der Waals surface area (Å²) in [5.41, 5.74) is -0.807. The molecule has 0 spiro atoms. The molecule has 3 rings (SSSR count). The third kappa shape index (κ3) is 4.68. The van der Waals surface area contributed by atoms with Gasteiger partial charge in [0.2, 0.25) is 0 Å². The maximum absolute atomic E-state index is 13.4. The summed E-state index contributed by atoms with van der Waals surface area (Å²) in [6.45, 7) is 4.11. The zero-order valence-electron chi connectivity index (χ0n) is 19.0. The van der Waals surface area contributed by atoms with Gasteiger partial charge in [-0.1, -0.05) is 42.5 Å². The SMILES string of the molecule is CCOC(=O)C1(C(=O)OCC)CN(Cc2ccccc2)CC1c1cccc(OC)c1[N+](=O)[O-]. The van der Waals surface area contributed by atoms with Crippen molar-refractivity contribution < 1.29 is 28.7 Å². The van der Waals surface area contributed by atoms with Gasteiger partial charge in [-0.25, -0.2) is 0 Å². The van der Waals surface area contributed by atoms with E-state index >= 15 is 0 Å². The molecule has 0 radical (unpaired) electrons. The van der Waals surface area contributed by atoms with Crippen molar-refractivity contribution in [3.63, 3.8) is 0 Å². The highest BCUT2D eigenvalue weighted by Gasteiger charge is 2.61. The van der Waals surface area contributed by atoms with Crippen LogP contribution >= 0.6 is 0 Å². The normalized spacial score (nSPS) is 17.4. The van der Waals surface area contributed by atoms with Gasteiger partial charge in [-0.3, -0.25) is 24.6 Å². The predicted molar refractivity (Wildman–Crippen MR) is 120 cm³/mol. The lowest BCUT2D eigenvalue weighted by atomic mass is 9.73. The number of carbonyl (C=O) groups is 2. The fraction of sp³-hybridized carbons (Fsp3) is 0.417. The van der Waals surface area contributed by atoms with Crippen LogP contribution in [0.1, 0.15) is 30.9 Å². The molecule has 0 saturated carbocycles. The van der Waals surface area contributed by atoms with E-state index in [1.807, 2.05) is 35.2 Å². The maximum atomic E-state index is 13.4. The van der Waals surface area contributed by atoms with Crippen molar-refractivity contribution in [3.05, 3.63) is 69.8 Å². The Balaban J connectivity index is 2.17. The number of esters is 2. The van der Waals surface area contributed by atoms with E-state index in [0.29, 0.717) is 6.54 Å². The average Bonchev–Trinajstić information content (AvgIpc) is 3.19. The summed E-state index contributed by atoms with van der Waals surface area (Å²) in [4.78, 5) is 40.1. The van der Waals surface area contributed by atoms with E-state index < -0.39 is 28.2 Å². The number of hydrogen-bond acceptors (Lipinski definition) is 8. The van der Waals surface area contributed by atoms with Crippen LogP contribution in [0, 0.1) is 15.5 Å². The highest BCUT2D eigenvalue weighted by Crippen LogP contribution is 2.49. The summed E-state index contributed by atoms with van der Waals surface area (Å²) in [7, 11) is 1.34. The van der Waals surface area contributed by atoms with Crippen molar-refractivity contribution in [2.24, 2.45) is 5.41 Å². The Kier molecular flexibility index (Phi) is 7.65. The number of rotatable bonds is 9. The Morgan fingerprint density at radius 1 is 1.06 bits per heavy atom. The minimum absolute atomic E-state index is 0.0125. The molecule has 1 aliphatic rings. The number of ether oxygens (including phenoxy) is 3. The molecular weight excluding hydrogens is 428 g/mol. The van der Waals surface area contributed by atoms with Crippen molar-refractivity contribution in [1.82, 2.24) is 4.90 Å². The smallest absolute Gasteiger partial charge is 0.325 e. The lowest BCUT2D eigenvalue weighted by molar-refractivity contribution is -0.386. The molecule has 1 saturated heterocycles. The van der Waals surface area contributed by atoms with Gasteiger partial charge in [-0.05, 0) is 25.5 Å². The summed E-state index contributed by atoms with van der Waals surface area (Å²) >= 11 is 0. The number of methoxy groups -OCH3 is 1. The van der Waals surface area contributed by atoms with Crippen LogP contribution in [0.5, 0.6) is 5.75 Å². The molecule has 1 fully saturated rings. The molecule has 2 aromatic carbocycles. The van der Waals surface area contributed by atoms with Crippen molar-refractivity contribution in [1.29, 1.82) is 0 Å². The van der Waals surface area contributed by atoms with Crippen molar-refractivity contribution in [2.75, 3.05) is 33.4 Å². The maximum Gasteiger partial charge on any atom is 0.325 e. The van der Waals surface area contributed by atoms with Crippen molar-refractivity contribution in [2.45, 2.75) is 26.3 Å². The number of nitro benzene ring substituents is 1. The molecule has 9 nitrogen and oxygen atoms in total. The Morgan fingerprint density at radius 3 is 2.24 bits per heavy atom. The van der Waals surface area contributed by atoms with Crippen LogP contribution in [0.15, 0.2) is 48.5 Å². The van der Waals surface area contributed by atoms with Gasteiger partial charge < -0.3 is 14.2 Å². The number of hydrogen-bond donors (Lipinski definition) is 0. The molecule has 1 atom stereocenters.